The lowest BCUT2D eigenvalue weighted by Gasteiger charge is -2.23. The van der Waals surface area contributed by atoms with Gasteiger partial charge in [-0.3, -0.25) is 19.8 Å². The van der Waals surface area contributed by atoms with Gasteiger partial charge in [-0.15, -0.1) is 0 Å². The van der Waals surface area contributed by atoms with Gasteiger partial charge in [0.25, 0.3) is 5.69 Å². The molecule has 0 aliphatic carbocycles. The Morgan fingerprint density at radius 1 is 1.09 bits per heavy atom. The van der Waals surface area contributed by atoms with Gasteiger partial charge in [-0.2, -0.15) is 0 Å². The number of carbonyl (C=O) groups is 2. The van der Waals surface area contributed by atoms with Crippen molar-refractivity contribution in [3.05, 3.63) is 94.3 Å². The van der Waals surface area contributed by atoms with Crippen LogP contribution in [0.1, 0.15) is 18.4 Å². The van der Waals surface area contributed by atoms with Gasteiger partial charge in [0, 0.05) is 34.2 Å². The van der Waals surface area contributed by atoms with Gasteiger partial charge in [0.2, 0.25) is 5.91 Å². The third-order valence-corrected chi connectivity index (χ3v) is 6.39. The van der Waals surface area contributed by atoms with Crippen LogP contribution < -0.4 is 5.32 Å². The molecule has 1 heterocycles. The maximum absolute atomic E-state index is 13.2. The van der Waals surface area contributed by atoms with Crippen LogP contribution in [0.15, 0.2) is 82.6 Å². The predicted molar refractivity (Wildman–Crippen MR) is 129 cm³/mol. The number of ether oxygens (including phenoxy) is 1. The number of nitro groups is 1. The van der Waals surface area contributed by atoms with Gasteiger partial charge < -0.3 is 10.1 Å². The number of hydrogen-bond acceptors (Lipinski definition) is 6. The predicted octanol–water partition coefficient (Wildman–Crippen LogP) is 5.62. The van der Waals surface area contributed by atoms with Gasteiger partial charge in [0.05, 0.1) is 4.92 Å². The van der Waals surface area contributed by atoms with E-state index >= 15 is 0 Å². The molecule has 0 bridgehead atoms. The Morgan fingerprint density at radius 3 is 2.54 bits per heavy atom. The average molecular weight is 496 g/mol. The van der Waals surface area contributed by atoms with Crippen molar-refractivity contribution in [2.45, 2.75) is 35.3 Å². The van der Waals surface area contributed by atoms with E-state index in [9.17, 15) is 24.1 Å². The van der Waals surface area contributed by atoms with E-state index in [1.165, 1.54) is 40.9 Å². The highest BCUT2D eigenvalue weighted by atomic mass is 32.2. The molecular weight excluding hydrogens is 473 g/mol. The molecule has 8 nitrogen and oxygen atoms in total. The Labute approximate surface area is 205 Å². The number of likely N-dealkylation sites (tertiary alicyclic amines) is 1. The Balaban J connectivity index is 1.45. The summed E-state index contributed by atoms with van der Waals surface area (Å²) in [4.78, 5) is 39.1. The third-order valence-electron chi connectivity index (χ3n) is 5.41. The minimum Gasteiger partial charge on any atom is -0.445 e. The Hall–Kier alpha value is -3.92. The average Bonchev–Trinajstić information content (AvgIpc) is 3.35. The Kier molecular flexibility index (Phi) is 7.61. The maximum atomic E-state index is 13.2. The van der Waals surface area contributed by atoms with Crippen molar-refractivity contribution >= 4 is 35.1 Å². The van der Waals surface area contributed by atoms with E-state index in [4.69, 9.17) is 4.74 Å². The van der Waals surface area contributed by atoms with Crippen LogP contribution in [0.4, 0.5) is 20.6 Å². The Bertz CT molecular complexity index is 1220. The van der Waals surface area contributed by atoms with Crippen molar-refractivity contribution in [1.82, 2.24) is 4.90 Å². The Morgan fingerprint density at radius 2 is 1.83 bits per heavy atom. The van der Waals surface area contributed by atoms with E-state index in [-0.39, 0.29) is 23.8 Å². The molecule has 3 aromatic rings. The van der Waals surface area contributed by atoms with Gasteiger partial charge in [-0.25, -0.2) is 9.18 Å². The molecule has 3 aromatic carbocycles. The summed E-state index contributed by atoms with van der Waals surface area (Å²) < 4.78 is 18.6. The smallest absolute Gasteiger partial charge is 0.410 e. The lowest BCUT2D eigenvalue weighted by molar-refractivity contribution is -0.385. The minimum absolute atomic E-state index is 0.0966. The van der Waals surface area contributed by atoms with Crippen molar-refractivity contribution < 1.29 is 23.6 Å². The molecule has 10 heteroatoms. The number of carbonyl (C=O) groups excluding carboxylic acids is 2. The third kappa shape index (κ3) is 6.36. The zero-order valence-corrected chi connectivity index (χ0v) is 19.4. The number of halogens is 1. The summed E-state index contributed by atoms with van der Waals surface area (Å²) >= 11 is 1.20. The first-order valence-corrected chi connectivity index (χ1v) is 11.7. The number of nitrogens with one attached hydrogen (secondary N) is 1. The largest absolute Gasteiger partial charge is 0.445 e. The van der Waals surface area contributed by atoms with E-state index in [1.54, 1.807) is 18.2 Å². The molecule has 1 saturated heterocycles. The molecule has 1 aliphatic rings. The van der Waals surface area contributed by atoms with Gasteiger partial charge in [-0.1, -0.05) is 42.1 Å². The lowest BCUT2D eigenvalue weighted by atomic mass is 10.2. The zero-order valence-electron chi connectivity index (χ0n) is 18.6. The fraction of sp³-hybridized carbons (Fsp3) is 0.200. The van der Waals surface area contributed by atoms with E-state index < -0.39 is 23.0 Å². The standard InChI is InChI=1S/C25H22FN3O5S/c26-18-8-10-21(11-9-18)35-22-14-19(13-20(15-22)29(32)33)27-24(30)23-7-4-12-28(23)25(31)34-16-17-5-2-1-3-6-17/h1-3,5-6,8-11,13-15,23H,4,7,12,16H2,(H,27,30). The van der Waals surface area contributed by atoms with Gasteiger partial charge in [-0.05, 0) is 48.7 Å². The number of benzene rings is 3. The van der Waals surface area contributed by atoms with Crippen LogP contribution in [0, 0.1) is 15.9 Å². The number of nitrogens with zero attached hydrogens (tertiary/aromatic N) is 2. The van der Waals surface area contributed by atoms with E-state index in [1.807, 2.05) is 30.3 Å². The topological polar surface area (TPSA) is 102 Å². The van der Waals surface area contributed by atoms with E-state index in [0.29, 0.717) is 29.2 Å². The van der Waals surface area contributed by atoms with Crippen LogP contribution in [0.3, 0.4) is 0 Å². The van der Waals surface area contributed by atoms with Crippen LogP contribution >= 0.6 is 11.8 Å². The fourth-order valence-corrected chi connectivity index (χ4v) is 4.65. The molecule has 180 valence electrons. The second-order valence-electron chi connectivity index (χ2n) is 7.91. The van der Waals surface area contributed by atoms with Crippen LogP contribution in [0.5, 0.6) is 0 Å². The van der Waals surface area contributed by atoms with Crippen molar-refractivity contribution in [2.75, 3.05) is 11.9 Å². The summed E-state index contributed by atoms with van der Waals surface area (Å²) in [7, 11) is 0. The lowest BCUT2D eigenvalue weighted by Crippen LogP contribution is -2.43. The van der Waals surface area contributed by atoms with Gasteiger partial charge >= 0.3 is 6.09 Å². The van der Waals surface area contributed by atoms with Gasteiger partial charge in [0.15, 0.2) is 0 Å². The SMILES string of the molecule is O=C(Nc1cc(Sc2ccc(F)cc2)cc([N+](=O)[O-])c1)C1CCCN1C(=O)OCc1ccccc1. The minimum atomic E-state index is -0.745. The van der Waals surface area contributed by atoms with Crippen molar-refractivity contribution in [2.24, 2.45) is 0 Å². The molecule has 0 aromatic heterocycles. The van der Waals surface area contributed by atoms with Crippen molar-refractivity contribution in [3.63, 3.8) is 0 Å². The molecular formula is C25H22FN3O5S. The first-order valence-electron chi connectivity index (χ1n) is 10.9. The van der Waals surface area contributed by atoms with Gasteiger partial charge in [0.1, 0.15) is 18.5 Å². The summed E-state index contributed by atoms with van der Waals surface area (Å²) in [5.41, 5.74) is 0.875. The number of anilines is 1. The molecule has 0 radical (unpaired) electrons. The normalized spacial score (nSPS) is 15.0. The number of amides is 2. The number of nitro benzene ring substituents is 1. The molecule has 1 N–H and O–H groups in total. The summed E-state index contributed by atoms with van der Waals surface area (Å²) in [6.45, 7) is 0.478. The van der Waals surface area contributed by atoms with E-state index in [0.717, 1.165) is 5.56 Å². The monoisotopic (exact) mass is 495 g/mol. The molecule has 0 spiro atoms. The van der Waals surface area contributed by atoms with Crippen LogP contribution in [-0.4, -0.2) is 34.4 Å². The van der Waals surface area contributed by atoms with Crippen LogP contribution in [0.2, 0.25) is 0 Å². The number of rotatable bonds is 7. The highest BCUT2D eigenvalue weighted by molar-refractivity contribution is 7.99. The molecule has 0 saturated carbocycles. The summed E-state index contributed by atoms with van der Waals surface area (Å²) in [5, 5.41) is 14.1. The molecule has 1 aliphatic heterocycles. The quantitative estimate of drug-likeness (QED) is 0.337. The van der Waals surface area contributed by atoms with Crippen molar-refractivity contribution in [3.8, 4) is 0 Å². The highest BCUT2D eigenvalue weighted by Gasteiger charge is 2.35. The first-order chi connectivity index (χ1) is 16.9. The van der Waals surface area contributed by atoms with E-state index in [2.05, 4.69) is 5.32 Å². The molecule has 2 amide bonds. The molecule has 1 fully saturated rings. The first kappa shape index (κ1) is 24.2. The second-order valence-corrected chi connectivity index (χ2v) is 9.06. The number of non-ortho nitro benzene ring substituents is 1. The molecule has 35 heavy (non-hydrogen) atoms. The van der Waals surface area contributed by atoms with Crippen LogP contribution in [-0.2, 0) is 16.1 Å². The van der Waals surface area contributed by atoms with Crippen molar-refractivity contribution in [1.29, 1.82) is 0 Å². The molecule has 1 atom stereocenters. The summed E-state index contributed by atoms with van der Waals surface area (Å²) in [5.74, 6) is -0.831. The summed E-state index contributed by atoms with van der Waals surface area (Å²) in [6, 6.07) is 18.5. The zero-order chi connectivity index (χ0) is 24.8. The number of hydrogen-bond donors (Lipinski definition) is 1. The van der Waals surface area contributed by atoms with Crippen LogP contribution in [0.25, 0.3) is 0 Å². The molecule has 1 unspecified atom stereocenters. The fourth-order valence-electron chi connectivity index (χ4n) is 3.74. The maximum Gasteiger partial charge on any atom is 0.410 e. The summed E-state index contributed by atoms with van der Waals surface area (Å²) in [6.07, 6.45) is 0.510. The highest BCUT2D eigenvalue weighted by Crippen LogP contribution is 2.33. The molecule has 4 rings (SSSR count). The second kappa shape index (κ2) is 11.0.